The normalized spacial score (nSPS) is 10.3. The molecule has 6 nitrogen and oxygen atoms in total. The zero-order chi connectivity index (χ0) is 13.7. The van der Waals surface area contributed by atoms with Crippen LogP contribution in [0.4, 0.5) is 0 Å². The number of aliphatic carboxylic acids is 2. The van der Waals surface area contributed by atoms with E-state index in [-0.39, 0.29) is 23.5 Å². The van der Waals surface area contributed by atoms with Gasteiger partial charge in [0.2, 0.25) is 0 Å². The summed E-state index contributed by atoms with van der Waals surface area (Å²) in [5, 5.41) is 27.4. The molecular formula is C12H14O6. The molecule has 0 spiro atoms. The maximum absolute atomic E-state index is 10.8. The second-order valence-corrected chi connectivity index (χ2v) is 3.63. The lowest BCUT2D eigenvalue weighted by molar-refractivity contribution is -0.154. The minimum absolute atomic E-state index is 0.213. The van der Waals surface area contributed by atoms with E-state index in [1.807, 2.05) is 0 Å². The molecule has 0 amide bonds. The number of hydrogen-bond acceptors (Lipinski definition) is 4. The van der Waals surface area contributed by atoms with Crippen LogP contribution in [0.5, 0.6) is 11.5 Å². The van der Waals surface area contributed by atoms with Gasteiger partial charge in [0.15, 0.2) is 17.4 Å². The minimum Gasteiger partial charge on any atom is -0.504 e. The van der Waals surface area contributed by atoms with Crippen LogP contribution in [-0.4, -0.2) is 33.9 Å². The topological polar surface area (TPSA) is 104 Å². The predicted octanol–water partition coefficient (Wildman–Crippen LogP) is 1.12. The monoisotopic (exact) mass is 254 g/mol. The summed E-state index contributed by atoms with van der Waals surface area (Å²) in [6.45, 7) is 2.09. The third-order valence-electron chi connectivity index (χ3n) is 2.40. The summed E-state index contributed by atoms with van der Waals surface area (Å²) < 4.78 is 5.13. The minimum atomic E-state index is -1.59. The highest BCUT2D eigenvalue weighted by atomic mass is 16.5. The number of ether oxygens (including phenoxy) is 1. The molecule has 1 aromatic rings. The first-order chi connectivity index (χ1) is 8.47. The highest BCUT2D eigenvalue weighted by Crippen LogP contribution is 2.31. The zero-order valence-corrected chi connectivity index (χ0v) is 9.79. The van der Waals surface area contributed by atoms with E-state index >= 15 is 0 Å². The molecule has 98 valence electrons. The molecule has 1 rings (SSSR count). The molecular weight excluding hydrogens is 240 g/mol. The van der Waals surface area contributed by atoms with Crippen molar-refractivity contribution in [1.82, 2.24) is 0 Å². The van der Waals surface area contributed by atoms with Crippen LogP contribution in [0.1, 0.15) is 12.5 Å². The van der Waals surface area contributed by atoms with Gasteiger partial charge in [-0.05, 0) is 18.6 Å². The average molecular weight is 254 g/mol. The van der Waals surface area contributed by atoms with Crippen LogP contribution in [0, 0.1) is 5.92 Å². The van der Waals surface area contributed by atoms with Gasteiger partial charge in [-0.15, -0.1) is 0 Å². The van der Waals surface area contributed by atoms with Gasteiger partial charge in [-0.3, -0.25) is 9.59 Å². The molecule has 0 radical (unpaired) electrons. The first-order valence-corrected chi connectivity index (χ1v) is 5.36. The predicted molar refractivity (Wildman–Crippen MR) is 61.7 cm³/mol. The number of carbonyl (C=O) groups is 2. The summed E-state index contributed by atoms with van der Waals surface area (Å²) in [5.74, 6) is -4.48. The Morgan fingerprint density at radius 2 is 1.89 bits per heavy atom. The van der Waals surface area contributed by atoms with E-state index in [0.717, 1.165) is 0 Å². The third kappa shape index (κ3) is 3.13. The van der Waals surface area contributed by atoms with E-state index in [1.54, 1.807) is 13.0 Å². The molecule has 18 heavy (non-hydrogen) atoms. The molecule has 0 aliphatic heterocycles. The second kappa shape index (κ2) is 5.90. The molecule has 0 saturated carbocycles. The molecule has 0 saturated heterocycles. The summed E-state index contributed by atoms with van der Waals surface area (Å²) in [7, 11) is 0. The molecule has 0 unspecified atom stereocenters. The van der Waals surface area contributed by atoms with Crippen molar-refractivity contribution in [3.63, 3.8) is 0 Å². The van der Waals surface area contributed by atoms with Crippen molar-refractivity contribution < 1.29 is 29.6 Å². The van der Waals surface area contributed by atoms with Crippen LogP contribution in [-0.2, 0) is 16.0 Å². The van der Waals surface area contributed by atoms with Crippen molar-refractivity contribution in [3.05, 3.63) is 23.8 Å². The molecule has 0 bridgehead atoms. The lowest BCUT2D eigenvalue weighted by Crippen LogP contribution is -2.25. The smallest absolute Gasteiger partial charge is 0.318 e. The van der Waals surface area contributed by atoms with Crippen LogP contribution in [0.2, 0.25) is 0 Å². The number of aromatic hydroxyl groups is 1. The molecule has 0 atom stereocenters. The fraction of sp³-hybridized carbons (Fsp3) is 0.333. The fourth-order valence-electron chi connectivity index (χ4n) is 1.50. The number of benzene rings is 1. The van der Waals surface area contributed by atoms with E-state index in [0.29, 0.717) is 6.61 Å². The molecule has 1 aromatic carbocycles. The Balaban J connectivity index is 2.99. The summed E-state index contributed by atoms with van der Waals surface area (Å²) in [5.41, 5.74) is 0.232. The van der Waals surface area contributed by atoms with E-state index < -0.39 is 17.9 Å². The Morgan fingerprint density at radius 1 is 1.28 bits per heavy atom. The van der Waals surface area contributed by atoms with Gasteiger partial charge in [0.25, 0.3) is 0 Å². The van der Waals surface area contributed by atoms with E-state index in [4.69, 9.17) is 14.9 Å². The lowest BCUT2D eigenvalue weighted by atomic mass is 9.98. The molecule has 3 N–H and O–H groups in total. The lowest BCUT2D eigenvalue weighted by Gasteiger charge is -2.12. The summed E-state index contributed by atoms with van der Waals surface area (Å²) in [6.07, 6.45) is -0.294. The number of phenolic OH excluding ortho intramolecular Hbond substituents is 1. The SMILES string of the molecule is CCOc1cccc(CC(C(=O)O)C(=O)O)c1O. The van der Waals surface area contributed by atoms with E-state index in [9.17, 15) is 14.7 Å². The zero-order valence-electron chi connectivity index (χ0n) is 9.79. The summed E-state index contributed by atoms with van der Waals surface area (Å²) in [6, 6.07) is 4.57. The number of para-hydroxylation sites is 1. The number of hydrogen-bond donors (Lipinski definition) is 3. The van der Waals surface area contributed by atoms with Crippen molar-refractivity contribution in [2.24, 2.45) is 5.92 Å². The highest BCUT2D eigenvalue weighted by Gasteiger charge is 2.27. The third-order valence-corrected chi connectivity index (χ3v) is 2.40. The number of carboxylic acid groups (broad SMARTS) is 2. The van der Waals surface area contributed by atoms with Gasteiger partial charge >= 0.3 is 11.9 Å². The molecule has 6 heteroatoms. The van der Waals surface area contributed by atoms with Crippen molar-refractivity contribution in [2.75, 3.05) is 6.61 Å². The Hall–Kier alpha value is -2.24. The van der Waals surface area contributed by atoms with Gasteiger partial charge in [-0.2, -0.15) is 0 Å². The molecule has 0 aliphatic rings. The quantitative estimate of drug-likeness (QED) is 0.657. The van der Waals surface area contributed by atoms with Crippen LogP contribution in [0.3, 0.4) is 0 Å². The maximum atomic E-state index is 10.8. The average Bonchev–Trinajstić information content (AvgIpc) is 2.29. The van der Waals surface area contributed by atoms with Gasteiger partial charge in [0, 0.05) is 6.42 Å². The van der Waals surface area contributed by atoms with Gasteiger partial charge in [0.1, 0.15) is 0 Å². The molecule has 0 aromatic heterocycles. The Kier molecular flexibility index (Phi) is 4.53. The Morgan fingerprint density at radius 3 is 2.39 bits per heavy atom. The van der Waals surface area contributed by atoms with Crippen molar-refractivity contribution in [2.45, 2.75) is 13.3 Å². The molecule has 0 fully saturated rings. The number of rotatable bonds is 6. The van der Waals surface area contributed by atoms with Gasteiger partial charge in [-0.25, -0.2) is 0 Å². The Labute approximate surface area is 103 Å². The van der Waals surface area contributed by atoms with Crippen molar-refractivity contribution in [3.8, 4) is 11.5 Å². The second-order valence-electron chi connectivity index (χ2n) is 3.63. The maximum Gasteiger partial charge on any atom is 0.318 e. The Bertz CT molecular complexity index is 440. The fourth-order valence-corrected chi connectivity index (χ4v) is 1.50. The van der Waals surface area contributed by atoms with Crippen LogP contribution >= 0.6 is 0 Å². The molecule has 0 heterocycles. The first-order valence-electron chi connectivity index (χ1n) is 5.36. The van der Waals surface area contributed by atoms with Crippen molar-refractivity contribution >= 4 is 11.9 Å². The molecule has 0 aliphatic carbocycles. The summed E-state index contributed by atoms with van der Waals surface area (Å²) >= 11 is 0. The van der Waals surface area contributed by atoms with Gasteiger partial charge < -0.3 is 20.1 Å². The standard InChI is InChI=1S/C12H14O6/c1-2-18-9-5-3-4-7(10(9)13)6-8(11(14)15)12(16)17/h3-5,8,13H,2,6H2,1H3,(H,14,15)(H,16,17). The summed E-state index contributed by atoms with van der Waals surface area (Å²) in [4.78, 5) is 21.5. The van der Waals surface area contributed by atoms with Gasteiger partial charge in [-0.1, -0.05) is 12.1 Å². The first kappa shape index (κ1) is 13.8. The highest BCUT2D eigenvalue weighted by molar-refractivity contribution is 5.93. The number of carboxylic acids is 2. The van der Waals surface area contributed by atoms with E-state index in [1.165, 1.54) is 12.1 Å². The largest absolute Gasteiger partial charge is 0.504 e. The van der Waals surface area contributed by atoms with Gasteiger partial charge in [0.05, 0.1) is 6.61 Å². The van der Waals surface area contributed by atoms with Crippen LogP contribution < -0.4 is 4.74 Å². The van der Waals surface area contributed by atoms with Crippen molar-refractivity contribution in [1.29, 1.82) is 0 Å². The van der Waals surface area contributed by atoms with Crippen LogP contribution in [0.15, 0.2) is 18.2 Å². The van der Waals surface area contributed by atoms with E-state index in [2.05, 4.69) is 0 Å². The van der Waals surface area contributed by atoms with Crippen LogP contribution in [0.25, 0.3) is 0 Å². The number of phenols is 1.